The Labute approximate surface area is 148 Å². The highest BCUT2D eigenvalue weighted by molar-refractivity contribution is 8.04. The quantitative estimate of drug-likeness (QED) is 0.593. The minimum atomic E-state index is -0.478. The molecule has 1 aliphatic rings. The number of thioether (sulfide) groups is 1. The number of benzene rings is 1. The number of fused-ring (bicyclic) bond motifs is 1. The van der Waals surface area contributed by atoms with Crippen molar-refractivity contribution in [2.45, 2.75) is 13.5 Å². The van der Waals surface area contributed by atoms with E-state index in [1.807, 2.05) is 6.07 Å². The Morgan fingerprint density at radius 1 is 1.32 bits per heavy atom. The van der Waals surface area contributed by atoms with Crippen molar-refractivity contribution >= 4 is 34.5 Å². The van der Waals surface area contributed by atoms with E-state index in [1.165, 1.54) is 33.6 Å². The fourth-order valence-corrected chi connectivity index (χ4v) is 3.48. The molecule has 0 atom stereocenters. The Bertz CT molecular complexity index is 906. The van der Waals surface area contributed by atoms with Gasteiger partial charge < -0.3 is 9.64 Å². The van der Waals surface area contributed by atoms with Crippen LogP contribution in [-0.4, -0.2) is 45.2 Å². The molecule has 25 heavy (non-hydrogen) atoms. The van der Waals surface area contributed by atoms with E-state index in [0.717, 1.165) is 0 Å². The zero-order chi connectivity index (χ0) is 17.8. The number of esters is 1. The van der Waals surface area contributed by atoms with E-state index in [0.29, 0.717) is 22.5 Å². The van der Waals surface area contributed by atoms with Crippen LogP contribution >= 0.6 is 11.8 Å². The van der Waals surface area contributed by atoms with Crippen molar-refractivity contribution in [1.82, 2.24) is 14.5 Å². The molecule has 0 bridgehead atoms. The number of rotatable bonds is 5. The number of aromatic nitrogens is 2. The maximum atomic E-state index is 12.5. The zero-order valence-electron chi connectivity index (χ0n) is 13.7. The molecular formula is C17H17N3O4S. The van der Waals surface area contributed by atoms with E-state index in [4.69, 9.17) is 4.74 Å². The first-order chi connectivity index (χ1) is 12.1. The third-order valence-corrected chi connectivity index (χ3v) is 4.76. The van der Waals surface area contributed by atoms with Crippen molar-refractivity contribution in [3.63, 3.8) is 0 Å². The van der Waals surface area contributed by atoms with Crippen molar-refractivity contribution in [1.29, 1.82) is 0 Å². The number of carbonyl (C=O) groups is 2. The number of hydrogen-bond acceptors (Lipinski definition) is 6. The molecule has 2 heterocycles. The van der Waals surface area contributed by atoms with Gasteiger partial charge in [0.25, 0.3) is 5.56 Å². The lowest BCUT2D eigenvalue weighted by molar-refractivity contribution is -0.137. The van der Waals surface area contributed by atoms with Crippen molar-refractivity contribution in [2.24, 2.45) is 0 Å². The van der Waals surface area contributed by atoms with Crippen molar-refractivity contribution in [3.8, 4) is 0 Å². The van der Waals surface area contributed by atoms with Crippen LogP contribution in [0, 0.1) is 0 Å². The van der Waals surface area contributed by atoms with Gasteiger partial charge in [-0.25, -0.2) is 9.78 Å². The van der Waals surface area contributed by atoms with Gasteiger partial charge >= 0.3 is 5.97 Å². The van der Waals surface area contributed by atoms with E-state index < -0.39 is 5.97 Å². The first kappa shape index (κ1) is 17.2. The monoisotopic (exact) mass is 359 g/mol. The first-order valence-corrected chi connectivity index (χ1v) is 8.84. The molecule has 3 rings (SSSR count). The van der Waals surface area contributed by atoms with Crippen LogP contribution in [0.15, 0.2) is 46.5 Å². The van der Waals surface area contributed by atoms with Crippen LogP contribution in [-0.2, 0) is 20.9 Å². The van der Waals surface area contributed by atoms with Gasteiger partial charge in [-0.15, -0.1) is 0 Å². The fraction of sp³-hybridized carbons (Fsp3) is 0.294. The summed E-state index contributed by atoms with van der Waals surface area (Å²) in [5, 5.41) is 1.08. The number of ether oxygens (including phenoxy) is 1. The highest BCUT2D eigenvalue weighted by Gasteiger charge is 2.27. The molecule has 2 aromatic rings. The molecule has 0 unspecified atom stereocenters. The van der Waals surface area contributed by atoms with Crippen molar-refractivity contribution < 1.29 is 14.3 Å². The predicted molar refractivity (Wildman–Crippen MR) is 94.9 cm³/mol. The van der Waals surface area contributed by atoms with Gasteiger partial charge in [0.15, 0.2) is 0 Å². The number of amides is 1. The lowest BCUT2D eigenvalue weighted by atomic mass is 10.2. The maximum Gasteiger partial charge on any atom is 0.333 e. The second kappa shape index (κ2) is 7.52. The largest absolute Gasteiger partial charge is 0.463 e. The molecule has 1 aromatic carbocycles. The summed E-state index contributed by atoms with van der Waals surface area (Å²) in [5.74, 6) is -0.299. The molecule has 1 aromatic heterocycles. The second-order valence-electron chi connectivity index (χ2n) is 5.33. The van der Waals surface area contributed by atoms with Gasteiger partial charge in [-0.1, -0.05) is 23.9 Å². The lowest BCUT2D eigenvalue weighted by Gasteiger charge is -2.17. The topological polar surface area (TPSA) is 81.5 Å². The highest BCUT2D eigenvalue weighted by atomic mass is 32.2. The minimum Gasteiger partial charge on any atom is -0.463 e. The van der Waals surface area contributed by atoms with Crippen molar-refractivity contribution in [3.05, 3.63) is 52.1 Å². The van der Waals surface area contributed by atoms with E-state index >= 15 is 0 Å². The SMILES string of the molecule is CCOC(=O)/C=C1\SCC(=O)N1CCn1cnc2ccccc2c1=O. The average molecular weight is 359 g/mol. The molecule has 0 spiro atoms. The molecule has 8 heteroatoms. The Hall–Kier alpha value is -2.61. The summed E-state index contributed by atoms with van der Waals surface area (Å²) < 4.78 is 6.36. The fourth-order valence-electron chi connectivity index (χ4n) is 2.53. The third-order valence-electron chi connectivity index (χ3n) is 3.73. The van der Waals surface area contributed by atoms with E-state index in [-0.39, 0.29) is 30.4 Å². The maximum absolute atomic E-state index is 12.5. The van der Waals surface area contributed by atoms with Gasteiger partial charge in [0.1, 0.15) is 0 Å². The van der Waals surface area contributed by atoms with Crippen LogP contribution in [0.2, 0.25) is 0 Å². The normalized spacial score (nSPS) is 16.0. The van der Waals surface area contributed by atoms with Crippen LogP contribution in [0.5, 0.6) is 0 Å². The molecule has 0 aliphatic carbocycles. The molecular weight excluding hydrogens is 342 g/mol. The zero-order valence-corrected chi connectivity index (χ0v) is 14.5. The van der Waals surface area contributed by atoms with E-state index in [9.17, 15) is 14.4 Å². The van der Waals surface area contributed by atoms with Crippen molar-refractivity contribution in [2.75, 3.05) is 18.9 Å². The summed E-state index contributed by atoms with van der Waals surface area (Å²) in [6, 6.07) is 7.12. The lowest BCUT2D eigenvalue weighted by Crippen LogP contribution is -2.32. The van der Waals surface area contributed by atoms with Gasteiger partial charge in [-0.05, 0) is 19.1 Å². The summed E-state index contributed by atoms with van der Waals surface area (Å²) in [6.45, 7) is 2.58. The van der Waals surface area contributed by atoms with Gasteiger partial charge in [0, 0.05) is 13.1 Å². The Morgan fingerprint density at radius 3 is 2.92 bits per heavy atom. The van der Waals surface area contributed by atoms with Crippen LogP contribution in [0.4, 0.5) is 0 Å². The summed E-state index contributed by atoms with van der Waals surface area (Å²) in [6.07, 6.45) is 2.80. The van der Waals surface area contributed by atoms with Gasteiger partial charge in [-0.3, -0.25) is 14.2 Å². The van der Waals surface area contributed by atoms with Crippen LogP contribution in [0.25, 0.3) is 10.9 Å². The molecule has 7 nitrogen and oxygen atoms in total. The Balaban J connectivity index is 1.78. The van der Waals surface area contributed by atoms with E-state index in [1.54, 1.807) is 25.1 Å². The van der Waals surface area contributed by atoms with Gasteiger partial charge in [-0.2, -0.15) is 0 Å². The molecule has 0 radical (unpaired) electrons. The molecule has 130 valence electrons. The third kappa shape index (κ3) is 3.74. The molecule has 1 aliphatic heterocycles. The minimum absolute atomic E-state index is 0.0951. The summed E-state index contributed by atoms with van der Waals surface area (Å²) >= 11 is 1.29. The number of nitrogens with zero attached hydrogens (tertiary/aromatic N) is 3. The van der Waals surface area contributed by atoms with Gasteiger partial charge in [0.2, 0.25) is 5.91 Å². The molecule has 0 N–H and O–H groups in total. The van der Waals surface area contributed by atoms with Crippen LogP contribution in [0.1, 0.15) is 6.92 Å². The standard InChI is InChI=1S/C17H17N3O4S/c1-2-24-16(22)9-15-20(14(21)10-25-15)8-7-19-11-18-13-6-4-3-5-12(13)17(19)23/h3-6,9,11H,2,7-8,10H2,1H3/b15-9-. The van der Waals surface area contributed by atoms with E-state index in [2.05, 4.69) is 4.98 Å². The average Bonchev–Trinajstić information content (AvgIpc) is 2.94. The predicted octanol–water partition coefficient (Wildman–Crippen LogP) is 1.38. The molecule has 1 amide bonds. The summed E-state index contributed by atoms with van der Waals surface area (Å²) in [7, 11) is 0. The Kier molecular flexibility index (Phi) is 5.18. The summed E-state index contributed by atoms with van der Waals surface area (Å²) in [4.78, 5) is 41.9. The first-order valence-electron chi connectivity index (χ1n) is 7.86. The Morgan fingerprint density at radius 2 is 2.12 bits per heavy atom. The molecule has 1 saturated heterocycles. The molecule has 1 fully saturated rings. The number of para-hydroxylation sites is 1. The molecule has 0 saturated carbocycles. The smallest absolute Gasteiger partial charge is 0.333 e. The number of carbonyl (C=O) groups excluding carboxylic acids is 2. The van der Waals surface area contributed by atoms with Crippen LogP contribution in [0.3, 0.4) is 0 Å². The van der Waals surface area contributed by atoms with Gasteiger partial charge in [0.05, 0.1) is 40.7 Å². The second-order valence-corrected chi connectivity index (χ2v) is 6.32. The van der Waals surface area contributed by atoms with Crippen LogP contribution < -0.4 is 5.56 Å². The summed E-state index contributed by atoms with van der Waals surface area (Å²) in [5.41, 5.74) is 0.486. The highest BCUT2D eigenvalue weighted by Crippen LogP contribution is 2.28. The number of hydrogen-bond donors (Lipinski definition) is 0.